The molecule has 2 aromatic heterocycles. The molecule has 0 amide bonds. The Kier molecular flexibility index (Phi) is 7.02. The first kappa shape index (κ1) is 23.4. The number of benzene rings is 2. The maximum Gasteiger partial charge on any atom is 0.338 e. The van der Waals surface area contributed by atoms with Crippen molar-refractivity contribution in [3.05, 3.63) is 105 Å². The fraction of sp³-hybridized carbons (Fsp3) is 0.207. The van der Waals surface area contributed by atoms with Crippen LogP contribution in [0.25, 0.3) is 9.75 Å². The van der Waals surface area contributed by atoms with Crippen molar-refractivity contribution in [2.75, 3.05) is 6.61 Å². The van der Waals surface area contributed by atoms with Gasteiger partial charge in [0.2, 0.25) is 0 Å². The molecule has 176 valence electrons. The molecule has 0 radical (unpaired) electrons. The second-order valence-electron chi connectivity index (χ2n) is 8.52. The number of carbonyl (C=O) groups is 3. The minimum Gasteiger partial charge on any atom is -0.462 e. The van der Waals surface area contributed by atoms with Gasteiger partial charge in [-0.25, -0.2) is 4.79 Å². The lowest BCUT2D eigenvalue weighted by Crippen LogP contribution is -2.21. The zero-order chi connectivity index (χ0) is 24.2. The third kappa shape index (κ3) is 4.90. The SMILES string of the molecule is O=C(OCCCCCCc1ccsc1-c1cccs1)c1ccc2c(c1)C(=O)c1ccccc1C2=O. The molecule has 0 saturated heterocycles. The fourth-order valence-corrected chi connectivity index (χ4v) is 6.26. The number of thiophene rings is 2. The first-order chi connectivity index (χ1) is 17.1. The van der Waals surface area contributed by atoms with Crippen LogP contribution >= 0.6 is 22.7 Å². The number of hydrogen-bond acceptors (Lipinski definition) is 6. The van der Waals surface area contributed by atoms with Crippen molar-refractivity contribution in [1.82, 2.24) is 0 Å². The highest BCUT2D eigenvalue weighted by molar-refractivity contribution is 7.20. The van der Waals surface area contributed by atoms with Gasteiger partial charge in [-0.15, -0.1) is 22.7 Å². The van der Waals surface area contributed by atoms with Crippen molar-refractivity contribution in [2.24, 2.45) is 0 Å². The molecule has 2 heterocycles. The van der Waals surface area contributed by atoms with Crippen molar-refractivity contribution in [1.29, 1.82) is 0 Å². The Labute approximate surface area is 212 Å². The summed E-state index contributed by atoms with van der Waals surface area (Å²) in [5.41, 5.74) is 3.08. The molecular formula is C29H24O4S2. The molecule has 35 heavy (non-hydrogen) atoms. The van der Waals surface area contributed by atoms with E-state index >= 15 is 0 Å². The van der Waals surface area contributed by atoms with E-state index in [1.54, 1.807) is 59.1 Å². The van der Waals surface area contributed by atoms with Crippen LogP contribution in [0.2, 0.25) is 0 Å². The van der Waals surface area contributed by atoms with Gasteiger partial charge in [-0.3, -0.25) is 9.59 Å². The maximum absolute atomic E-state index is 12.9. The highest BCUT2D eigenvalue weighted by Crippen LogP contribution is 2.34. The molecule has 0 saturated carbocycles. The molecule has 4 nitrogen and oxygen atoms in total. The summed E-state index contributed by atoms with van der Waals surface area (Å²) in [6, 6.07) is 17.9. The normalized spacial score (nSPS) is 12.3. The van der Waals surface area contributed by atoms with Crippen molar-refractivity contribution < 1.29 is 19.1 Å². The van der Waals surface area contributed by atoms with Crippen LogP contribution in [-0.2, 0) is 11.2 Å². The van der Waals surface area contributed by atoms with E-state index in [-0.39, 0.29) is 17.1 Å². The second kappa shape index (κ2) is 10.5. The smallest absolute Gasteiger partial charge is 0.338 e. The summed E-state index contributed by atoms with van der Waals surface area (Å²) in [4.78, 5) is 40.8. The van der Waals surface area contributed by atoms with Crippen molar-refractivity contribution in [3.63, 3.8) is 0 Å². The van der Waals surface area contributed by atoms with Gasteiger partial charge in [-0.1, -0.05) is 43.2 Å². The van der Waals surface area contributed by atoms with Gasteiger partial charge in [0.05, 0.1) is 12.2 Å². The van der Waals surface area contributed by atoms with Gasteiger partial charge in [0.25, 0.3) is 0 Å². The quantitative estimate of drug-likeness (QED) is 0.158. The van der Waals surface area contributed by atoms with Gasteiger partial charge in [-0.2, -0.15) is 0 Å². The van der Waals surface area contributed by atoms with Crippen LogP contribution < -0.4 is 0 Å². The number of ether oxygens (including phenoxy) is 1. The number of aryl methyl sites for hydroxylation is 1. The number of carbonyl (C=O) groups excluding carboxylic acids is 3. The molecule has 1 aliphatic carbocycles. The number of rotatable bonds is 9. The van der Waals surface area contributed by atoms with Crippen LogP contribution in [0.15, 0.2) is 71.4 Å². The Hall–Kier alpha value is -3.35. The molecule has 0 bridgehead atoms. The van der Waals surface area contributed by atoms with Crippen LogP contribution in [0, 0.1) is 0 Å². The van der Waals surface area contributed by atoms with E-state index in [9.17, 15) is 14.4 Å². The topological polar surface area (TPSA) is 60.4 Å². The molecule has 0 N–H and O–H groups in total. The number of unbranched alkanes of at least 4 members (excludes halogenated alkanes) is 3. The van der Waals surface area contributed by atoms with Crippen molar-refractivity contribution in [3.8, 4) is 9.75 Å². The molecule has 0 atom stereocenters. The van der Waals surface area contributed by atoms with Crippen LogP contribution in [0.4, 0.5) is 0 Å². The lowest BCUT2D eigenvalue weighted by Gasteiger charge is -2.17. The van der Waals surface area contributed by atoms with Crippen LogP contribution in [0.1, 0.15) is 73.4 Å². The average Bonchev–Trinajstić information content (AvgIpc) is 3.58. The summed E-state index contributed by atoms with van der Waals surface area (Å²) < 4.78 is 5.44. The van der Waals surface area contributed by atoms with E-state index in [1.807, 2.05) is 0 Å². The number of fused-ring (bicyclic) bond motifs is 2. The average molecular weight is 501 g/mol. The Bertz CT molecular complexity index is 1380. The van der Waals surface area contributed by atoms with E-state index in [4.69, 9.17) is 4.74 Å². The van der Waals surface area contributed by atoms with E-state index in [1.165, 1.54) is 21.4 Å². The largest absolute Gasteiger partial charge is 0.462 e. The van der Waals surface area contributed by atoms with Crippen LogP contribution in [-0.4, -0.2) is 24.1 Å². The Balaban J connectivity index is 1.09. The predicted octanol–water partition coefficient (Wildman–Crippen LogP) is 7.21. The molecule has 0 spiro atoms. The number of esters is 1. The summed E-state index contributed by atoms with van der Waals surface area (Å²) in [5.74, 6) is -0.899. The van der Waals surface area contributed by atoms with E-state index < -0.39 is 5.97 Å². The van der Waals surface area contributed by atoms with Crippen LogP contribution in [0.3, 0.4) is 0 Å². The van der Waals surface area contributed by atoms with Gasteiger partial charge in [0, 0.05) is 32.0 Å². The first-order valence-corrected chi connectivity index (χ1v) is 13.5. The standard InChI is InChI=1S/C29H24O4S2/c30-26-21-9-4-5-10-22(21)27(31)24-18-20(12-13-23(24)26)29(32)33-15-6-2-1-3-8-19-14-17-35-28(19)25-11-7-16-34-25/h4-5,7,9-14,16-18H,1-3,6,8,15H2. The lowest BCUT2D eigenvalue weighted by molar-refractivity contribution is 0.0497. The Morgan fingerprint density at radius 3 is 2.23 bits per heavy atom. The highest BCUT2D eigenvalue weighted by atomic mass is 32.1. The molecule has 1 aliphatic rings. The van der Waals surface area contributed by atoms with Gasteiger partial charge in [0.1, 0.15) is 0 Å². The monoisotopic (exact) mass is 500 g/mol. The third-order valence-corrected chi connectivity index (χ3v) is 8.23. The molecule has 0 fully saturated rings. The molecule has 4 aromatic rings. The zero-order valence-corrected chi connectivity index (χ0v) is 20.8. The summed E-state index contributed by atoms with van der Waals surface area (Å²) in [5, 5.41) is 4.27. The Morgan fingerprint density at radius 2 is 1.46 bits per heavy atom. The number of hydrogen-bond donors (Lipinski definition) is 0. The highest BCUT2D eigenvalue weighted by Gasteiger charge is 2.30. The molecule has 5 rings (SSSR count). The minimum absolute atomic E-state index is 0.194. The Morgan fingerprint density at radius 1 is 0.714 bits per heavy atom. The number of ketones is 2. The van der Waals surface area contributed by atoms with E-state index in [0.717, 1.165) is 32.1 Å². The van der Waals surface area contributed by atoms with Gasteiger partial charge in [0.15, 0.2) is 11.6 Å². The summed E-state index contributed by atoms with van der Waals surface area (Å²) in [6.45, 7) is 0.338. The molecule has 6 heteroatoms. The van der Waals surface area contributed by atoms with Gasteiger partial charge < -0.3 is 4.74 Å². The third-order valence-electron chi connectivity index (χ3n) is 6.23. The van der Waals surface area contributed by atoms with Crippen molar-refractivity contribution >= 4 is 40.2 Å². The fourth-order valence-electron chi connectivity index (χ4n) is 4.40. The van der Waals surface area contributed by atoms with Crippen molar-refractivity contribution in [2.45, 2.75) is 32.1 Å². The van der Waals surface area contributed by atoms with Gasteiger partial charge in [-0.05, 0) is 65.9 Å². The van der Waals surface area contributed by atoms with E-state index in [2.05, 4.69) is 29.0 Å². The second-order valence-corrected chi connectivity index (χ2v) is 10.4. The summed E-state index contributed by atoms with van der Waals surface area (Å²) in [6.07, 6.45) is 5.02. The summed E-state index contributed by atoms with van der Waals surface area (Å²) in [7, 11) is 0. The van der Waals surface area contributed by atoms with Gasteiger partial charge >= 0.3 is 5.97 Å². The lowest BCUT2D eigenvalue weighted by atomic mass is 9.83. The summed E-state index contributed by atoms with van der Waals surface area (Å²) >= 11 is 3.58. The molecular weight excluding hydrogens is 476 g/mol. The predicted molar refractivity (Wildman–Crippen MR) is 140 cm³/mol. The maximum atomic E-state index is 12.9. The molecule has 0 aliphatic heterocycles. The molecule has 2 aromatic carbocycles. The zero-order valence-electron chi connectivity index (χ0n) is 19.1. The first-order valence-electron chi connectivity index (χ1n) is 11.7. The molecule has 0 unspecified atom stereocenters. The van der Waals surface area contributed by atoms with E-state index in [0.29, 0.717) is 28.9 Å². The minimum atomic E-state index is -0.467. The van der Waals surface area contributed by atoms with Crippen LogP contribution in [0.5, 0.6) is 0 Å².